The molecule has 1 fully saturated rings. The van der Waals surface area contributed by atoms with Crippen molar-refractivity contribution in [2.75, 3.05) is 20.1 Å². The third-order valence-corrected chi connectivity index (χ3v) is 3.52. The molecule has 1 unspecified atom stereocenters. The topological polar surface area (TPSA) is 40.5 Å². The molecule has 0 radical (unpaired) electrons. The Hall–Kier alpha value is -0.570. The van der Waals surface area contributed by atoms with E-state index in [2.05, 4.69) is 25.8 Å². The molecule has 1 aliphatic rings. The highest BCUT2D eigenvalue weighted by Gasteiger charge is 2.33. The molecule has 0 aromatic rings. The van der Waals surface area contributed by atoms with Crippen molar-refractivity contribution in [1.82, 2.24) is 4.90 Å². The van der Waals surface area contributed by atoms with E-state index in [-0.39, 0.29) is 5.41 Å². The summed E-state index contributed by atoms with van der Waals surface area (Å²) in [5.74, 6) is -0.336. The highest BCUT2D eigenvalue weighted by molar-refractivity contribution is 5.67. The van der Waals surface area contributed by atoms with E-state index < -0.39 is 5.97 Å². The summed E-state index contributed by atoms with van der Waals surface area (Å²) in [6.07, 6.45) is 2.43. The molecule has 1 aliphatic heterocycles. The summed E-state index contributed by atoms with van der Waals surface area (Å²) in [5.41, 5.74) is 0.170. The standard InChI is InChI=1S/C11H21NO2/c1-11(2)5-7-12(3)6-4-9(11)8-10(13)14/h9H,4-8H2,1-3H3,(H,13,14). The molecular formula is C11H21NO2. The summed E-state index contributed by atoms with van der Waals surface area (Å²) in [7, 11) is 2.11. The Balaban J connectivity index is 2.65. The summed E-state index contributed by atoms with van der Waals surface area (Å²) in [6, 6.07) is 0. The average Bonchev–Trinajstić information content (AvgIpc) is 2.17. The molecule has 0 spiro atoms. The Kier molecular flexibility index (Phi) is 3.53. The van der Waals surface area contributed by atoms with Crippen molar-refractivity contribution in [3.8, 4) is 0 Å². The van der Waals surface area contributed by atoms with E-state index in [4.69, 9.17) is 5.11 Å². The van der Waals surface area contributed by atoms with E-state index in [1.165, 1.54) is 0 Å². The lowest BCUT2D eigenvalue weighted by Gasteiger charge is -2.31. The van der Waals surface area contributed by atoms with E-state index in [1.54, 1.807) is 0 Å². The minimum absolute atomic E-state index is 0.170. The Labute approximate surface area is 86.1 Å². The van der Waals surface area contributed by atoms with Gasteiger partial charge in [0.05, 0.1) is 0 Å². The fraction of sp³-hybridized carbons (Fsp3) is 0.909. The van der Waals surface area contributed by atoms with Crippen molar-refractivity contribution in [2.24, 2.45) is 11.3 Å². The molecule has 0 aromatic heterocycles. The van der Waals surface area contributed by atoms with Gasteiger partial charge in [0.25, 0.3) is 0 Å². The summed E-state index contributed by atoms with van der Waals surface area (Å²) in [4.78, 5) is 13.0. The summed E-state index contributed by atoms with van der Waals surface area (Å²) in [5, 5.41) is 8.84. The van der Waals surface area contributed by atoms with Gasteiger partial charge in [-0.1, -0.05) is 13.8 Å². The zero-order chi connectivity index (χ0) is 10.8. The van der Waals surface area contributed by atoms with Crippen LogP contribution >= 0.6 is 0 Å². The van der Waals surface area contributed by atoms with Crippen LogP contribution in [-0.4, -0.2) is 36.1 Å². The number of carboxylic acid groups (broad SMARTS) is 1. The van der Waals surface area contributed by atoms with Gasteiger partial charge in [-0.2, -0.15) is 0 Å². The number of hydrogen-bond acceptors (Lipinski definition) is 2. The van der Waals surface area contributed by atoms with Gasteiger partial charge in [-0.15, -0.1) is 0 Å². The lowest BCUT2D eigenvalue weighted by Crippen LogP contribution is -2.26. The molecule has 0 bridgehead atoms. The minimum Gasteiger partial charge on any atom is -0.481 e. The van der Waals surface area contributed by atoms with E-state index in [0.717, 1.165) is 25.9 Å². The van der Waals surface area contributed by atoms with Crippen LogP contribution in [0.15, 0.2) is 0 Å². The van der Waals surface area contributed by atoms with Gasteiger partial charge in [-0.3, -0.25) is 4.79 Å². The molecule has 1 heterocycles. The van der Waals surface area contributed by atoms with Gasteiger partial charge in [0.1, 0.15) is 0 Å². The van der Waals surface area contributed by atoms with Gasteiger partial charge < -0.3 is 10.0 Å². The van der Waals surface area contributed by atoms with Crippen molar-refractivity contribution in [1.29, 1.82) is 0 Å². The maximum Gasteiger partial charge on any atom is 0.303 e. The number of hydrogen-bond donors (Lipinski definition) is 1. The molecule has 1 atom stereocenters. The first-order valence-electron chi connectivity index (χ1n) is 5.32. The fourth-order valence-electron chi connectivity index (χ4n) is 2.15. The second kappa shape index (κ2) is 4.30. The van der Waals surface area contributed by atoms with E-state index in [0.29, 0.717) is 12.3 Å². The van der Waals surface area contributed by atoms with E-state index in [1.807, 2.05) is 0 Å². The second-order valence-corrected chi connectivity index (χ2v) is 5.13. The van der Waals surface area contributed by atoms with Crippen LogP contribution in [0.1, 0.15) is 33.1 Å². The van der Waals surface area contributed by atoms with Crippen molar-refractivity contribution < 1.29 is 9.90 Å². The lowest BCUT2D eigenvalue weighted by atomic mass is 9.74. The molecule has 0 saturated carbocycles. The third-order valence-electron chi connectivity index (χ3n) is 3.52. The summed E-state index contributed by atoms with van der Waals surface area (Å²) >= 11 is 0. The highest BCUT2D eigenvalue weighted by Crippen LogP contribution is 2.37. The van der Waals surface area contributed by atoms with Gasteiger partial charge in [0, 0.05) is 6.42 Å². The predicted octanol–water partition coefficient (Wildman–Crippen LogP) is 1.83. The molecule has 1 rings (SSSR count). The Morgan fingerprint density at radius 2 is 2.14 bits per heavy atom. The van der Waals surface area contributed by atoms with Gasteiger partial charge in [0.15, 0.2) is 0 Å². The number of carbonyl (C=O) groups is 1. The lowest BCUT2D eigenvalue weighted by molar-refractivity contribution is -0.139. The maximum absolute atomic E-state index is 10.7. The molecule has 0 aromatic carbocycles. The number of likely N-dealkylation sites (tertiary alicyclic amines) is 1. The van der Waals surface area contributed by atoms with Crippen LogP contribution in [0.5, 0.6) is 0 Å². The Bertz CT molecular complexity index is 213. The van der Waals surface area contributed by atoms with Crippen molar-refractivity contribution in [2.45, 2.75) is 33.1 Å². The smallest absolute Gasteiger partial charge is 0.303 e. The van der Waals surface area contributed by atoms with E-state index in [9.17, 15) is 4.79 Å². The van der Waals surface area contributed by atoms with Crippen LogP contribution in [0.4, 0.5) is 0 Å². The number of aliphatic carboxylic acids is 1. The monoisotopic (exact) mass is 199 g/mol. The van der Waals surface area contributed by atoms with Crippen molar-refractivity contribution >= 4 is 5.97 Å². The molecule has 14 heavy (non-hydrogen) atoms. The zero-order valence-electron chi connectivity index (χ0n) is 9.42. The van der Waals surface area contributed by atoms with Gasteiger partial charge >= 0.3 is 5.97 Å². The summed E-state index contributed by atoms with van der Waals surface area (Å²) in [6.45, 7) is 6.50. The first kappa shape index (κ1) is 11.5. The first-order valence-corrected chi connectivity index (χ1v) is 5.32. The number of rotatable bonds is 2. The molecule has 0 aliphatic carbocycles. The van der Waals surface area contributed by atoms with Crippen molar-refractivity contribution in [3.05, 3.63) is 0 Å². The average molecular weight is 199 g/mol. The van der Waals surface area contributed by atoms with Crippen LogP contribution < -0.4 is 0 Å². The predicted molar refractivity (Wildman–Crippen MR) is 56.3 cm³/mol. The fourth-order valence-corrected chi connectivity index (χ4v) is 2.15. The number of carboxylic acids is 1. The molecule has 3 heteroatoms. The zero-order valence-corrected chi connectivity index (χ0v) is 9.42. The van der Waals surface area contributed by atoms with E-state index >= 15 is 0 Å². The highest BCUT2D eigenvalue weighted by atomic mass is 16.4. The van der Waals surface area contributed by atoms with Crippen LogP contribution in [0.2, 0.25) is 0 Å². The third kappa shape index (κ3) is 2.98. The van der Waals surface area contributed by atoms with Gasteiger partial charge in [-0.05, 0) is 44.3 Å². The molecule has 1 saturated heterocycles. The second-order valence-electron chi connectivity index (χ2n) is 5.13. The Morgan fingerprint density at radius 3 is 2.71 bits per heavy atom. The first-order chi connectivity index (χ1) is 6.42. The largest absolute Gasteiger partial charge is 0.481 e. The van der Waals surface area contributed by atoms with Crippen molar-refractivity contribution in [3.63, 3.8) is 0 Å². The molecule has 82 valence electrons. The van der Waals surface area contributed by atoms with Gasteiger partial charge in [0.2, 0.25) is 0 Å². The normalized spacial score (nSPS) is 28.4. The summed E-state index contributed by atoms with van der Waals surface area (Å²) < 4.78 is 0. The quantitative estimate of drug-likeness (QED) is 0.737. The molecule has 0 amide bonds. The SMILES string of the molecule is CN1CCC(CC(=O)O)C(C)(C)CC1. The number of nitrogens with zero attached hydrogens (tertiary/aromatic N) is 1. The maximum atomic E-state index is 10.7. The van der Waals surface area contributed by atoms with Crippen LogP contribution in [0, 0.1) is 11.3 Å². The molecular weight excluding hydrogens is 178 g/mol. The van der Waals surface area contributed by atoms with Crippen LogP contribution in [0.3, 0.4) is 0 Å². The van der Waals surface area contributed by atoms with Gasteiger partial charge in [-0.25, -0.2) is 0 Å². The minimum atomic E-state index is -0.660. The Morgan fingerprint density at radius 1 is 1.50 bits per heavy atom. The van der Waals surface area contributed by atoms with Crippen LogP contribution in [0.25, 0.3) is 0 Å². The molecule has 1 N–H and O–H groups in total. The molecule has 3 nitrogen and oxygen atoms in total. The van der Waals surface area contributed by atoms with Crippen LogP contribution in [-0.2, 0) is 4.79 Å².